The van der Waals surface area contributed by atoms with Crippen LogP contribution in [0.25, 0.3) is 0 Å². The quantitative estimate of drug-likeness (QED) is 0.756. The molecule has 2 aromatic rings. The van der Waals surface area contributed by atoms with Crippen molar-refractivity contribution in [3.63, 3.8) is 0 Å². The van der Waals surface area contributed by atoms with Crippen molar-refractivity contribution in [3.05, 3.63) is 42.0 Å². The van der Waals surface area contributed by atoms with Crippen LogP contribution in [0.4, 0.5) is 5.69 Å². The topological polar surface area (TPSA) is 99.8 Å². The molecule has 2 rings (SSSR count). The van der Waals surface area contributed by atoms with E-state index in [9.17, 15) is 4.79 Å². The second kappa shape index (κ2) is 4.01. The summed E-state index contributed by atoms with van der Waals surface area (Å²) in [5.74, 6) is -0.628. The number of hydrogen-bond acceptors (Lipinski definition) is 4. The number of nitrogen functional groups attached to an aromatic ring is 1. The molecule has 2 aromatic heterocycles. The zero-order chi connectivity index (χ0) is 11.5. The standard InChI is InChI=1S/C10H11N5O/c11-8-6-15(14-9(8)10(12)16)5-7-3-1-2-4-13-7/h1-4,6H,5,11H2,(H2,12,16). The lowest BCUT2D eigenvalue weighted by molar-refractivity contribution is 0.0995. The fraction of sp³-hybridized carbons (Fsp3) is 0.100. The van der Waals surface area contributed by atoms with E-state index in [-0.39, 0.29) is 11.4 Å². The first-order valence-corrected chi connectivity index (χ1v) is 4.69. The van der Waals surface area contributed by atoms with Gasteiger partial charge < -0.3 is 11.5 Å². The molecule has 0 saturated carbocycles. The van der Waals surface area contributed by atoms with Gasteiger partial charge in [-0.15, -0.1) is 0 Å². The Morgan fingerprint density at radius 3 is 2.81 bits per heavy atom. The van der Waals surface area contributed by atoms with Gasteiger partial charge >= 0.3 is 0 Å². The molecule has 0 saturated heterocycles. The van der Waals surface area contributed by atoms with Crippen LogP contribution in [0.2, 0.25) is 0 Å². The minimum absolute atomic E-state index is 0.0935. The Morgan fingerprint density at radius 2 is 2.25 bits per heavy atom. The molecule has 4 N–H and O–H groups in total. The van der Waals surface area contributed by atoms with E-state index in [1.807, 2.05) is 18.2 Å². The van der Waals surface area contributed by atoms with Crippen LogP contribution in [0.15, 0.2) is 30.6 Å². The van der Waals surface area contributed by atoms with E-state index >= 15 is 0 Å². The van der Waals surface area contributed by atoms with Crippen molar-refractivity contribution in [2.75, 3.05) is 5.73 Å². The summed E-state index contributed by atoms with van der Waals surface area (Å²) >= 11 is 0. The molecule has 0 spiro atoms. The summed E-state index contributed by atoms with van der Waals surface area (Å²) in [4.78, 5) is 15.1. The highest BCUT2D eigenvalue weighted by molar-refractivity contribution is 5.95. The molecule has 6 heteroatoms. The molecule has 0 fully saturated rings. The molecular weight excluding hydrogens is 206 g/mol. The van der Waals surface area contributed by atoms with Crippen LogP contribution >= 0.6 is 0 Å². The van der Waals surface area contributed by atoms with Crippen molar-refractivity contribution >= 4 is 11.6 Å². The number of amides is 1. The van der Waals surface area contributed by atoms with E-state index < -0.39 is 5.91 Å². The number of carbonyl (C=O) groups is 1. The normalized spacial score (nSPS) is 10.2. The second-order valence-corrected chi connectivity index (χ2v) is 3.32. The van der Waals surface area contributed by atoms with Gasteiger partial charge in [0, 0.05) is 12.4 Å². The predicted octanol–water partition coefficient (Wildman–Crippen LogP) is 0.00750. The van der Waals surface area contributed by atoms with Gasteiger partial charge in [0.1, 0.15) is 0 Å². The summed E-state index contributed by atoms with van der Waals surface area (Å²) < 4.78 is 1.54. The fourth-order valence-electron chi connectivity index (χ4n) is 1.37. The van der Waals surface area contributed by atoms with Crippen molar-refractivity contribution in [2.45, 2.75) is 6.54 Å². The van der Waals surface area contributed by atoms with Gasteiger partial charge in [0.05, 0.1) is 17.9 Å². The van der Waals surface area contributed by atoms with Crippen molar-refractivity contribution < 1.29 is 4.79 Å². The molecule has 0 aliphatic heterocycles. The fourth-order valence-corrected chi connectivity index (χ4v) is 1.37. The number of primary amides is 1. The zero-order valence-electron chi connectivity index (χ0n) is 8.50. The molecule has 0 aliphatic rings. The largest absolute Gasteiger partial charge is 0.396 e. The molecule has 0 radical (unpaired) electrons. The van der Waals surface area contributed by atoms with E-state index in [4.69, 9.17) is 11.5 Å². The first kappa shape index (κ1) is 10.2. The Hall–Kier alpha value is -2.37. The number of rotatable bonds is 3. The van der Waals surface area contributed by atoms with Crippen LogP contribution in [0.1, 0.15) is 16.2 Å². The van der Waals surface area contributed by atoms with Crippen LogP contribution in [0.3, 0.4) is 0 Å². The highest BCUT2D eigenvalue weighted by Crippen LogP contribution is 2.09. The molecule has 1 amide bonds. The molecule has 16 heavy (non-hydrogen) atoms. The molecule has 6 nitrogen and oxygen atoms in total. The summed E-state index contributed by atoms with van der Waals surface area (Å²) in [5, 5.41) is 3.98. The Bertz CT molecular complexity index is 505. The molecule has 0 aliphatic carbocycles. The monoisotopic (exact) mass is 217 g/mol. The lowest BCUT2D eigenvalue weighted by atomic mass is 10.3. The number of hydrogen-bond donors (Lipinski definition) is 2. The summed E-state index contributed by atoms with van der Waals surface area (Å²) in [6.07, 6.45) is 3.26. The van der Waals surface area contributed by atoms with Gasteiger partial charge in [-0.25, -0.2) is 0 Å². The second-order valence-electron chi connectivity index (χ2n) is 3.32. The lowest BCUT2D eigenvalue weighted by Crippen LogP contribution is -2.14. The van der Waals surface area contributed by atoms with Gasteiger partial charge in [-0.05, 0) is 12.1 Å². The Morgan fingerprint density at radius 1 is 1.44 bits per heavy atom. The number of nitrogens with two attached hydrogens (primary N) is 2. The van der Waals surface area contributed by atoms with Crippen LogP contribution in [0, 0.1) is 0 Å². The summed E-state index contributed by atoms with van der Waals surface area (Å²) in [6, 6.07) is 5.57. The minimum atomic E-state index is -0.628. The molecule has 82 valence electrons. The smallest absolute Gasteiger partial charge is 0.271 e. The van der Waals surface area contributed by atoms with E-state index in [1.54, 1.807) is 12.4 Å². The van der Waals surface area contributed by atoms with Crippen LogP contribution in [-0.2, 0) is 6.54 Å². The molecule has 0 bridgehead atoms. The summed E-state index contributed by atoms with van der Waals surface area (Å²) in [6.45, 7) is 0.457. The Labute approximate surface area is 91.9 Å². The Balaban J connectivity index is 2.23. The number of aromatic nitrogens is 3. The van der Waals surface area contributed by atoms with Crippen LogP contribution in [0.5, 0.6) is 0 Å². The lowest BCUT2D eigenvalue weighted by Gasteiger charge is -1.99. The minimum Gasteiger partial charge on any atom is -0.396 e. The van der Waals surface area contributed by atoms with Gasteiger partial charge in [0.25, 0.3) is 5.91 Å². The highest BCUT2D eigenvalue weighted by Gasteiger charge is 2.11. The van der Waals surface area contributed by atoms with Crippen LogP contribution in [-0.4, -0.2) is 20.7 Å². The molecular formula is C10H11N5O. The Kier molecular flexibility index (Phi) is 2.55. The van der Waals surface area contributed by atoms with Gasteiger partial charge in [-0.1, -0.05) is 6.07 Å². The van der Waals surface area contributed by atoms with E-state index in [0.29, 0.717) is 6.54 Å². The maximum absolute atomic E-state index is 10.9. The molecule has 2 heterocycles. The first-order valence-electron chi connectivity index (χ1n) is 4.69. The molecule has 0 atom stereocenters. The first-order chi connectivity index (χ1) is 7.66. The van der Waals surface area contributed by atoms with E-state index in [1.165, 1.54) is 4.68 Å². The SMILES string of the molecule is NC(=O)c1nn(Cc2ccccn2)cc1N. The maximum atomic E-state index is 10.9. The van der Waals surface area contributed by atoms with Gasteiger partial charge in [-0.2, -0.15) is 5.10 Å². The van der Waals surface area contributed by atoms with Crippen molar-refractivity contribution in [3.8, 4) is 0 Å². The van der Waals surface area contributed by atoms with E-state index in [2.05, 4.69) is 10.1 Å². The number of carbonyl (C=O) groups excluding carboxylic acids is 1. The van der Waals surface area contributed by atoms with Gasteiger partial charge in [-0.3, -0.25) is 14.5 Å². The third kappa shape index (κ3) is 2.00. The average molecular weight is 217 g/mol. The third-order valence-corrected chi connectivity index (χ3v) is 2.07. The zero-order valence-corrected chi connectivity index (χ0v) is 8.50. The molecule has 0 aromatic carbocycles. The van der Waals surface area contributed by atoms with Crippen LogP contribution < -0.4 is 11.5 Å². The third-order valence-electron chi connectivity index (χ3n) is 2.07. The van der Waals surface area contributed by atoms with Gasteiger partial charge in [0.15, 0.2) is 5.69 Å². The van der Waals surface area contributed by atoms with Crippen molar-refractivity contribution in [1.82, 2.24) is 14.8 Å². The van der Waals surface area contributed by atoms with Crippen molar-refractivity contribution in [1.29, 1.82) is 0 Å². The van der Waals surface area contributed by atoms with E-state index in [0.717, 1.165) is 5.69 Å². The highest BCUT2D eigenvalue weighted by atomic mass is 16.1. The summed E-state index contributed by atoms with van der Waals surface area (Å²) in [5.41, 5.74) is 11.9. The number of nitrogens with zero attached hydrogens (tertiary/aromatic N) is 3. The maximum Gasteiger partial charge on any atom is 0.271 e. The predicted molar refractivity (Wildman–Crippen MR) is 58.5 cm³/mol. The van der Waals surface area contributed by atoms with Crippen molar-refractivity contribution in [2.24, 2.45) is 5.73 Å². The molecule has 0 unspecified atom stereocenters. The summed E-state index contributed by atoms with van der Waals surface area (Å²) in [7, 11) is 0. The average Bonchev–Trinajstić information content (AvgIpc) is 2.61. The number of anilines is 1. The number of pyridine rings is 1. The van der Waals surface area contributed by atoms with Gasteiger partial charge in [0.2, 0.25) is 0 Å².